The highest BCUT2D eigenvalue weighted by Gasteiger charge is 2.30. The van der Waals surface area contributed by atoms with E-state index in [-0.39, 0.29) is 17.5 Å². The molecule has 1 aliphatic rings. The summed E-state index contributed by atoms with van der Waals surface area (Å²) in [6.45, 7) is 12.6. The van der Waals surface area contributed by atoms with E-state index in [1.54, 1.807) is 0 Å². The summed E-state index contributed by atoms with van der Waals surface area (Å²) in [4.78, 5) is 15.9. The zero-order valence-electron chi connectivity index (χ0n) is 11.0. The molecule has 1 rings (SSSR count). The number of nitrogens with zero attached hydrogens (tertiary/aromatic N) is 2. The molecule has 0 aromatic rings. The third-order valence-electron chi connectivity index (χ3n) is 3.42. The molecule has 16 heavy (non-hydrogen) atoms. The summed E-state index contributed by atoms with van der Waals surface area (Å²) in [7, 11) is 0. The van der Waals surface area contributed by atoms with Crippen LogP contribution < -0.4 is 5.73 Å². The number of carbonyl (C=O) groups excluding carboxylic acids is 1. The summed E-state index contributed by atoms with van der Waals surface area (Å²) in [5, 5.41) is 0. The van der Waals surface area contributed by atoms with Gasteiger partial charge in [-0.1, -0.05) is 6.92 Å². The fraction of sp³-hybridized carbons (Fsp3) is 0.917. The van der Waals surface area contributed by atoms with Crippen LogP contribution in [0.25, 0.3) is 0 Å². The largest absolute Gasteiger partial charge is 0.368 e. The zero-order chi connectivity index (χ0) is 12.3. The van der Waals surface area contributed by atoms with Gasteiger partial charge in [0.2, 0.25) is 5.91 Å². The van der Waals surface area contributed by atoms with E-state index in [1.165, 1.54) is 0 Å². The van der Waals surface area contributed by atoms with Crippen molar-refractivity contribution in [2.75, 3.05) is 26.2 Å². The van der Waals surface area contributed by atoms with Crippen molar-refractivity contribution in [3.63, 3.8) is 0 Å². The number of carbonyl (C=O) groups is 1. The van der Waals surface area contributed by atoms with Gasteiger partial charge in [-0.15, -0.1) is 0 Å². The standard InChI is InChI=1S/C12H25N3O/c1-5-10(11(13)16)14-6-8-15(9-7-14)12(2,3)4/h10H,5-9H2,1-4H3,(H2,13,16)/t10-/m1/s1. The van der Waals surface area contributed by atoms with Crippen LogP contribution in [0.5, 0.6) is 0 Å². The molecule has 0 unspecified atom stereocenters. The number of hydrogen-bond acceptors (Lipinski definition) is 3. The van der Waals surface area contributed by atoms with Gasteiger partial charge in [-0.2, -0.15) is 0 Å². The summed E-state index contributed by atoms with van der Waals surface area (Å²) in [6, 6.07) is -0.0814. The van der Waals surface area contributed by atoms with Crippen molar-refractivity contribution in [3.05, 3.63) is 0 Å². The van der Waals surface area contributed by atoms with Crippen LogP contribution in [0.2, 0.25) is 0 Å². The van der Waals surface area contributed by atoms with Gasteiger partial charge in [0.05, 0.1) is 6.04 Å². The van der Waals surface area contributed by atoms with Crippen molar-refractivity contribution in [2.45, 2.75) is 45.7 Å². The third kappa shape index (κ3) is 3.19. The van der Waals surface area contributed by atoms with Crippen LogP contribution in [0.3, 0.4) is 0 Å². The molecule has 1 aliphatic heterocycles. The quantitative estimate of drug-likeness (QED) is 0.771. The van der Waals surface area contributed by atoms with Crippen LogP contribution >= 0.6 is 0 Å². The topological polar surface area (TPSA) is 49.6 Å². The lowest BCUT2D eigenvalue weighted by Gasteiger charge is -2.43. The zero-order valence-corrected chi connectivity index (χ0v) is 11.0. The molecule has 0 bridgehead atoms. The van der Waals surface area contributed by atoms with E-state index in [0.717, 1.165) is 32.6 Å². The molecule has 0 radical (unpaired) electrons. The van der Waals surface area contributed by atoms with Gasteiger partial charge in [0.15, 0.2) is 0 Å². The minimum absolute atomic E-state index is 0.0814. The van der Waals surface area contributed by atoms with Crippen molar-refractivity contribution in [1.29, 1.82) is 0 Å². The molecule has 1 fully saturated rings. The molecule has 1 heterocycles. The summed E-state index contributed by atoms with van der Waals surface area (Å²) in [5.74, 6) is -0.188. The molecular weight excluding hydrogens is 202 g/mol. The maximum absolute atomic E-state index is 11.3. The van der Waals surface area contributed by atoms with Gasteiger partial charge in [-0.05, 0) is 27.2 Å². The van der Waals surface area contributed by atoms with Crippen molar-refractivity contribution >= 4 is 5.91 Å². The Labute approximate surface area is 98.8 Å². The molecule has 0 spiro atoms. The Hall–Kier alpha value is -0.610. The second-order valence-corrected chi connectivity index (χ2v) is 5.52. The molecule has 1 saturated heterocycles. The molecule has 4 heteroatoms. The minimum atomic E-state index is -0.188. The van der Waals surface area contributed by atoms with Gasteiger partial charge in [0, 0.05) is 31.7 Å². The maximum atomic E-state index is 11.3. The molecule has 0 saturated carbocycles. The Morgan fingerprint density at radius 2 is 1.75 bits per heavy atom. The SMILES string of the molecule is CC[C@H](C(N)=O)N1CCN(C(C)(C)C)CC1. The van der Waals surface area contributed by atoms with E-state index in [2.05, 4.69) is 30.6 Å². The van der Waals surface area contributed by atoms with Crippen LogP contribution in [0.1, 0.15) is 34.1 Å². The lowest BCUT2D eigenvalue weighted by atomic mass is 10.0. The molecule has 4 nitrogen and oxygen atoms in total. The van der Waals surface area contributed by atoms with E-state index in [1.807, 2.05) is 6.92 Å². The number of primary amides is 1. The number of nitrogens with two attached hydrogens (primary N) is 1. The molecule has 0 aromatic carbocycles. The molecule has 2 N–H and O–H groups in total. The molecule has 1 amide bonds. The maximum Gasteiger partial charge on any atom is 0.234 e. The number of rotatable bonds is 3. The van der Waals surface area contributed by atoms with Gasteiger partial charge in [0.1, 0.15) is 0 Å². The predicted molar refractivity (Wildman–Crippen MR) is 66.2 cm³/mol. The van der Waals surface area contributed by atoms with Gasteiger partial charge in [0.25, 0.3) is 0 Å². The highest BCUT2D eigenvalue weighted by Crippen LogP contribution is 2.17. The van der Waals surface area contributed by atoms with E-state index in [0.29, 0.717) is 0 Å². The molecule has 1 atom stereocenters. The lowest BCUT2D eigenvalue weighted by Crippen LogP contribution is -2.57. The van der Waals surface area contributed by atoms with Crippen LogP contribution in [0.4, 0.5) is 0 Å². The van der Waals surface area contributed by atoms with Crippen molar-refractivity contribution < 1.29 is 4.79 Å². The van der Waals surface area contributed by atoms with Crippen molar-refractivity contribution in [3.8, 4) is 0 Å². The molecule has 0 aromatic heterocycles. The molecule has 0 aliphatic carbocycles. The summed E-state index contributed by atoms with van der Waals surface area (Å²) < 4.78 is 0. The Morgan fingerprint density at radius 1 is 1.25 bits per heavy atom. The van der Waals surface area contributed by atoms with E-state index in [9.17, 15) is 4.79 Å². The normalized spacial score (nSPS) is 22.0. The first-order valence-electron chi connectivity index (χ1n) is 6.14. The number of amides is 1. The molecule has 94 valence electrons. The first kappa shape index (κ1) is 13.5. The lowest BCUT2D eigenvalue weighted by molar-refractivity contribution is -0.124. The van der Waals surface area contributed by atoms with Crippen molar-refractivity contribution in [1.82, 2.24) is 9.80 Å². The fourth-order valence-corrected chi connectivity index (χ4v) is 2.34. The third-order valence-corrected chi connectivity index (χ3v) is 3.42. The Bertz CT molecular complexity index is 239. The summed E-state index contributed by atoms with van der Waals surface area (Å²) in [6.07, 6.45) is 0.810. The average Bonchev–Trinajstić information content (AvgIpc) is 2.17. The van der Waals surface area contributed by atoms with Gasteiger partial charge >= 0.3 is 0 Å². The van der Waals surface area contributed by atoms with Gasteiger partial charge in [-0.3, -0.25) is 14.6 Å². The predicted octanol–water partition coefficient (Wildman–Crippen LogP) is 0.666. The minimum Gasteiger partial charge on any atom is -0.368 e. The average molecular weight is 227 g/mol. The van der Waals surface area contributed by atoms with E-state index >= 15 is 0 Å². The first-order chi connectivity index (χ1) is 7.36. The van der Waals surface area contributed by atoms with Gasteiger partial charge < -0.3 is 5.73 Å². The monoisotopic (exact) mass is 227 g/mol. The van der Waals surface area contributed by atoms with Crippen LogP contribution in [0, 0.1) is 0 Å². The first-order valence-corrected chi connectivity index (χ1v) is 6.14. The van der Waals surface area contributed by atoms with Crippen molar-refractivity contribution in [2.24, 2.45) is 5.73 Å². The van der Waals surface area contributed by atoms with Gasteiger partial charge in [-0.25, -0.2) is 0 Å². The summed E-state index contributed by atoms with van der Waals surface area (Å²) in [5.41, 5.74) is 5.63. The fourth-order valence-electron chi connectivity index (χ4n) is 2.34. The van der Waals surface area contributed by atoms with E-state index in [4.69, 9.17) is 5.73 Å². The van der Waals surface area contributed by atoms with E-state index < -0.39 is 0 Å². The second-order valence-electron chi connectivity index (χ2n) is 5.52. The van der Waals surface area contributed by atoms with Crippen LogP contribution in [-0.2, 0) is 4.79 Å². The Kier molecular flexibility index (Phi) is 4.33. The summed E-state index contributed by atoms with van der Waals surface area (Å²) >= 11 is 0. The number of piperazine rings is 1. The second kappa shape index (κ2) is 5.15. The molecular formula is C12H25N3O. The van der Waals surface area contributed by atoms with Crippen LogP contribution in [0.15, 0.2) is 0 Å². The Balaban J connectivity index is 2.51. The highest BCUT2D eigenvalue weighted by atomic mass is 16.1. The highest BCUT2D eigenvalue weighted by molar-refractivity contribution is 5.79. The smallest absolute Gasteiger partial charge is 0.234 e. The van der Waals surface area contributed by atoms with Crippen LogP contribution in [-0.4, -0.2) is 53.5 Å². The Morgan fingerprint density at radius 3 is 2.06 bits per heavy atom. The number of hydrogen-bond donors (Lipinski definition) is 1.